The maximum atomic E-state index is 13.8. The Morgan fingerprint density at radius 3 is 2.49 bits per heavy atom. The number of amides is 2. The zero-order valence-corrected chi connectivity index (χ0v) is 21.8. The van der Waals surface area contributed by atoms with E-state index in [-0.39, 0.29) is 17.9 Å². The summed E-state index contributed by atoms with van der Waals surface area (Å²) >= 11 is 0. The van der Waals surface area contributed by atoms with Crippen LogP contribution in [0.2, 0.25) is 0 Å². The van der Waals surface area contributed by atoms with Crippen molar-refractivity contribution in [2.75, 3.05) is 18.0 Å². The summed E-state index contributed by atoms with van der Waals surface area (Å²) in [5.41, 5.74) is 5.37. The lowest BCUT2D eigenvalue weighted by molar-refractivity contribution is -0.132. The Kier molecular flexibility index (Phi) is 7.65. The summed E-state index contributed by atoms with van der Waals surface area (Å²) in [7, 11) is 0. The fourth-order valence-corrected chi connectivity index (χ4v) is 5.93. The third-order valence-corrected chi connectivity index (χ3v) is 7.82. The Morgan fingerprint density at radius 1 is 0.919 bits per heavy atom. The van der Waals surface area contributed by atoms with Gasteiger partial charge < -0.3 is 9.80 Å². The molecule has 2 aromatic carbocycles. The Hall–Kier alpha value is -3.51. The Bertz CT molecular complexity index is 1240. The van der Waals surface area contributed by atoms with Crippen molar-refractivity contribution in [3.8, 4) is 0 Å². The third-order valence-electron chi connectivity index (χ3n) is 7.82. The van der Waals surface area contributed by atoms with Crippen molar-refractivity contribution < 1.29 is 9.59 Å². The van der Waals surface area contributed by atoms with Crippen LogP contribution >= 0.6 is 0 Å². The van der Waals surface area contributed by atoms with Crippen LogP contribution in [0.15, 0.2) is 73.1 Å². The average Bonchev–Trinajstić information content (AvgIpc) is 3.24. The molecule has 0 saturated carbocycles. The smallest absolute Gasteiger partial charge is 0.227 e. The minimum Gasteiger partial charge on any atom is -0.336 e. The molecule has 2 bridgehead atoms. The average molecular weight is 497 g/mol. The highest BCUT2D eigenvalue weighted by molar-refractivity contribution is 5.92. The molecular weight excluding hydrogens is 460 g/mol. The topological polar surface area (TPSA) is 56.8 Å². The fraction of sp³-hybridized carbons (Fsp3) is 0.387. The van der Waals surface area contributed by atoms with Crippen molar-refractivity contribution in [1.29, 1.82) is 0 Å². The summed E-state index contributed by atoms with van der Waals surface area (Å²) < 4.78 is 0. The van der Waals surface area contributed by atoms with Crippen molar-refractivity contribution >= 4 is 17.5 Å². The molecule has 5 rings (SSSR count). The van der Waals surface area contributed by atoms with Gasteiger partial charge in [-0.1, -0.05) is 48.0 Å². The highest BCUT2D eigenvalue weighted by Crippen LogP contribution is 2.32. The number of pyridine rings is 1. The van der Waals surface area contributed by atoms with Crippen LogP contribution in [0.1, 0.15) is 48.4 Å². The Balaban J connectivity index is 1.49. The van der Waals surface area contributed by atoms with Crippen molar-refractivity contribution in [1.82, 2.24) is 14.8 Å². The van der Waals surface area contributed by atoms with Crippen molar-refractivity contribution in [3.05, 3.63) is 95.3 Å². The van der Waals surface area contributed by atoms with E-state index < -0.39 is 0 Å². The van der Waals surface area contributed by atoms with Crippen LogP contribution < -0.4 is 4.90 Å². The van der Waals surface area contributed by atoms with E-state index in [4.69, 9.17) is 0 Å². The highest BCUT2D eigenvalue weighted by Gasteiger charge is 2.36. The minimum absolute atomic E-state index is 0.0413. The SMILES string of the molecule is CC(=O)N1CCC2CCC(CN(C(=O)Cc3cccc(C)c3)Cc3ccccc31)N2Cc1ccncc1. The van der Waals surface area contributed by atoms with Crippen molar-refractivity contribution in [2.24, 2.45) is 0 Å². The second-order valence-electron chi connectivity index (χ2n) is 10.4. The zero-order chi connectivity index (χ0) is 25.8. The summed E-state index contributed by atoms with van der Waals surface area (Å²) in [4.78, 5) is 37.3. The van der Waals surface area contributed by atoms with Crippen molar-refractivity contribution in [3.63, 3.8) is 0 Å². The molecule has 0 N–H and O–H groups in total. The fourth-order valence-electron chi connectivity index (χ4n) is 5.93. The molecule has 0 spiro atoms. The lowest BCUT2D eigenvalue weighted by atomic mass is 10.1. The van der Waals surface area contributed by atoms with Gasteiger partial charge in [0.25, 0.3) is 0 Å². The summed E-state index contributed by atoms with van der Waals surface area (Å²) in [6.07, 6.45) is 7.09. The van der Waals surface area contributed by atoms with Crippen LogP contribution in [-0.2, 0) is 29.1 Å². The molecule has 3 aromatic rings. The number of aromatic nitrogens is 1. The van der Waals surface area contributed by atoms with E-state index >= 15 is 0 Å². The van der Waals surface area contributed by atoms with Gasteiger partial charge in [0.1, 0.15) is 0 Å². The number of hydrogen-bond acceptors (Lipinski definition) is 4. The Labute approximate surface area is 219 Å². The zero-order valence-electron chi connectivity index (χ0n) is 21.8. The number of rotatable bonds is 4. The molecule has 1 aromatic heterocycles. The first kappa shape index (κ1) is 25.2. The van der Waals surface area contributed by atoms with E-state index in [9.17, 15) is 9.59 Å². The van der Waals surface area contributed by atoms with Gasteiger partial charge in [0.05, 0.1) is 6.42 Å². The molecule has 192 valence electrons. The molecule has 1 saturated heterocycles. The molecule has 37 heavy (non-hydrogen) atoms. The van der Waals surface area contributed by atoms with Crippen LogP contribution in [0.5, 0.6) is 0 Å². The maximum absolute atomic E-state index is 13.8. The van der Waals surface area contributed by atoms with Gasteiger partial charge in [0.15, 0.2) is 0 Å². The molecule has 0 radical (unpaired) electrons. The molecule has 2 aliphatic heterocycles. The first-order chi connectivity index (χ1) is 18.0. The van der Waals surface area contributed by atoms with E-state index in [0.29, 0.717) is 32.1 Å². The number of carbonyl (C=O) groups is 2. The summed E-state index contributed by atoms with van der Waals surface area (Å²) in [5, 5.41) is 0. The molecule has 2 atom stereocenters. The quantitative estimate of drug-likeness (QED) is 0.523. The van der Waals surface area contributed by atoms with Gasteiger partial charge in [0, 0.05) is 63.3 Å². The standard InChI is InChI=1S/C31H36N4O2/c1-23-6-5-7-26(18-23)19-31(37)33-21-27-8-3-4-9-30(27)34(24(2)36)17-14-28-10-11-29(22-33)35(28)20-25-12-15-32-16-13-25/h3-9,12-13,15-16,18,28-29H,10-11,14,17,19-22H2,1-2H3. The minimum atomic E-state index is 0.0413. The van der Waals surface area contributed by atoms with E-state index in [2.05, 4.69) is 47.1 Å². The van der Waals surface area contributed by atoms with Crippen LogP contribution in [0, 0.1) is 6.92 Å². The van der Waals surface area contributed by atoms with Crippen LogP contribution in [-0.4, -0.2) is 51.8 Å². The third kappa shape index (κ3) is 5.91. The van der Waals surface area contributed by atoms with E-state index in [1.807, 2.05) is 52.5 Å². The lowest BCUT2D eigenvalue weighted by Gasteiger charge is -2.34. The van der Waals surface area contributed by atoms with Gasteiger partial charge in [-0.2, -0.15) is 0 Å². The summed E-state index contributed by atoms with van der Waals surface area (Å²) in [6.45, 7) is 6.38. The maximum Gasteiger partial charge on any atom is 0.227 e. The van der Waals surface area contributed by atoms with Crippen molar-refractivity contribution in [2.45, 2.75) is 64.7 Å². The lowest BCUT2D eigenvalue weighted by Crippen LogP contribution is -2.45. The second kappa shape index (κ2) is 11.3. The highest BCUT2D eigenvalue weighted by atomic mass is 16.2. The number of hydrogen-bond donors (Lipinski definition) is 0. The predicted octanol–water partition coefficient (Wildman–Crippen LogP) is 4.75. The number of fused-ring (bicyclic) bond motifs is 3. The van der Waals surface area contributed by atoms with Crippen LogP contribution in [0.3, 0.4) is 0 Å². The number of anilines is 1. The normalized spacial score (nSPS) is 20.3. The van der Waals surface area contributed by atoms with Gasteiger partial charge in [-0.3, -0.25) is 19.5 Å². The molecule has 6 nitrogen and oxygen atoms in total. The second-order valence-corrected chi connectivity index (χ2v) is 10.4. The molecule has 3 heterocycles. The number of benzene rings is 2. The molecule has 2 aliphatic rings. The predicted molar refractivity (Wildman–Crippen MR) is 146 cm³/mol. The molecule has 0 aliphatic carbocycles. The molecule has 2 amide bonds. The Morgan fingerprint density at radius 2 is 1.70 bits per heavy atom. The number of para-hydroxylation sites is 1. The van der Waals surface area contributed by atoms with Crippen LogP contribution in [0.4, 0.5) is 5.69 Å². The monoisotopic (exact) mass is 496 g/mol. The van der Waals surface area contributed by atoms with E-state index in [1.54, 1.807) is 6.92 Å². The largest absolute Gasteiger partial charge is 0.336 e. The van der Waals surface area contributed by atoms with Gasteiger partial charge >= 0.3 is 0 Å². The summed E-state index contributed by atoms with van der Waals surface area (Å²) in [5.74, 6) is 0.168. The number of carbonyl (C=O) groups excluding carboxylic acids is 2. The first-order valence-electron chi connectivity index (χ1n) is 13.3. The first-order valence-corrected chi connectivity index (χ1v) is 13.3. The van der Waals surface area contributed by atoms with E-state index in [1.165, 1.54) is 5.56 Å². The van der Waals surface area contributed by atoms with E-state index in [0.717, 1.165) is 48.2 Å². The van der Waals surface area contributed by atoms with Gasteiger partial charge in [-0.05, 0) is 61.1 Å². The number of nitrogens with zero attached hydrogens (tertiary/aromatic N) is 4. The molecule has 1 fully saturated rings. The molecule has 2 unspecified atom stereocenters. The van der Waals surface area contributed by atoms with Crippen LogP contribution in [0.25, 0.3) is 0 Å². The number of aryl methyl sites for hydroxylation is 1. The molecule has 6 heteroatoms. The van der Waals surface area contributed by atoms with Gasteiger partial charge in [0.2, 0.25) is 11.8 Å². The summed E-state index contributed by atoms with van der Waals surface area (Å²) in [6, 6.07) is 21.0. The van der Waals surface area contributed by atoms with Gasteiger partial charge in [-0.25, -0.2) is 0 Å². The van der Waals surface area contributed by atoms with Gasteiger partial charge in [-0.15, -0.1) is 0 Å². The molecular formula is C31H36N4O2.